The van der Waals surface area contributed by atoms with Gasteiger partial charge in [-0.25, -0.2) is 9.78 Å². The van der Waals surface area contributed by atoms with Gasteiger partial charge in [0.1, 0.15) is 0 Å². The summed E-state index contributed by atoms with van der Waals surface area (Å²) in [5.74, 6) is 0.637. The van der Waals surface area contributed by atoms with E-state index in [1.165, 1.54) is 55.2 Å². The number of carbonyl (C=O) groups excluding carboxylic acids is 1. The van der Waals surface area contributed by atoms with Gasteiger partial charge in [0.15, 0.2) is 5.13 Å². The lowest BCUT2D eigenvalue weighted by Crippen LogP contribution is -2.51. The zero-order chi connectivity index (χ0) is 20.8. The molecule has 1 aromatic rings. The molecular formula is C21H33N3O3S2. The van der Waals surface area contributed by atoms with Crippen molar-refractivity contribution in [2.24, 2.45) is 11.8 Å². The number of rotatable bonds is 7. The molecule has 0 bridgehead atoms. The second kappa shape index (κ2) is 10.7. The van der Waals surface area contributed by atoms with Gasteiger partial charge < -0.3 is 10.0 Å². The third-order valence-electron chi connectivity index (χ3n) is 6.32. The fraction of sp³-hybridized carbons (Fsp3) is 0.762. The van der Waals surface area contributed by atoms with Gasteiger partial charge in [-0.15, -0.1) is 11.8 Å². The van der Waals surface area contributed by atoms with Crippen molar-refractivity contribution < 1.29 is 14.7 Å². The van der Waals surface area contributed by atoms with Crippen LogP contribution in [-0.4, -0.2) is 44.8 Å². The Morgan fingerprint density at radius 2 is 1.83 bits per heavy atom. The maximum absolute atomic E-state index is 13.3. The molecule has 0 aromatic carbocycles. The number of carbonyl (C=O) groups is 2. The smallest absolute Gasteiger partial charge is 0.324 e. The first-order chi connectivity index (χ1) is 13.9. The first-order valence-electron chi connectivity index (χ1n) is 10.8. The minimum absolute atomic E-state index is 0.00285. The third-order valence-corrected chi connectivity index (χ3v) is 8.41. The van der Waals surface area contributed by atoms with Crippen LogP contribution in [0, 0.1) is 11.8 Å². The van der Waals surface area contributed by atoms with E-state index in [0.717, 1.165) is 35.8 Å². The minimum atomic E-state index is -0.852. The van der Waals surface area contributed by atoms with Gasteiger partial charge in [-0.05, 0) is 50.4 Å². The van der Waals surface area contributed by atoms with E-state index in [2.05, 4.69) is 29.0 Å². The molecule has 2 saturated carbocycles. The normalized spacial score (nSPS) is 23.1. The van der Waals surface area contributed by atoms with E-state index in [1.54, 1.807) is 6.20 Å². The van der Waals surface area contributed by atoms with Crippen LogP contribution >= 0.6 is 23.1 Å². The van der Waals surface area contributed by atoms with E-state index in [-0.39, 0.29) is 11.8 Å². The summed E-state index contributed by atoms with van der Waals surface area (Å²) in [4.78, 5) is 30.5. The molecule has 0 atom stereocenters. The Kier molecular flexibility index (Phi) is 8.24. The molecule has 29 heavy (non-hydrogen) atoms. The first-order valence-corrected chi connectivity index (χ1v) is 12.6. The summed E-state index contributed by atoms with van der Waals surface area (Å²) in [5, 5.41) is 12.4. The van der Waals surface area contributed by atoms with Gasteiger partial charge in [0.2, 0.25) is 0 Å². The lowest BCUT2D eigenvalue weighted by Gasteiger charge is -2.43. The average Bonchev–Trinajstić information content (AvgIpc) is 3.15. The van der Waals surface area contributed by atoms with Gasteiger partial charge in [0, 0.05) is 12.1 Å². The van der Waals surface area contributed by atoms with Crippen LogP contribution in [-0.2, 0) is 4.79 Å². The largest absolute Gasteiger partial charge is 0.481 e. The Balaban J connectivity index is 1.65. The Hall–Kier alpha value is -1.28. The Labute approximate surface area is 181 Å². The van der Waals surface area contributed by atoms with Gasteiger partial charge in [0.25, 0.3) is 0 Å². The Morgan fingerprint density at radius 1 is 1.17 bits per heavy atom. The Morgan fingerprint density at radius 3 is 2.45 bits per heavy atom. The summed E-state index contributed by atoms with van der Waals surface area (Å²) in [7, 11) is 0. The topological polar surface area (TPSA) is 82.5 Å². The average molecular weight is 440 g/mol. The first kappa shape index (κ1) is 22.4. The predicted molar refractivity (Wildman–Crippen MR) is 119 cm³/mol. The van der Waals surface area contributed by atoms with Crippen LogP contribution in [0.15, 0.2) is 10.4 Å². The molecule has 2 fully saturated rings. The fourth-order valence-corrected chi connectivity index (χ4v) is 6.29. The molecule has 0 saturated heterocycles. The molecule has 2 aliphatic rings. The zero-order valence-corrected chi connectivity index (χ0v) is 19.1. The summed E-state index contributed by atoms with van der Waals surface area (Å²) in [6.07, 6.45) is 12.1. The number of carboxylic acid groups (broad SMARTS) is 1. The number of thioether (sulfide) groups is 1. The molecule has 2 N–H and O–H groups in total. The van der Waals surface area contributed by atoms with Crippen LogP contribution in [0.4, 0.5) is 9.93 Å². The number of aliphatic carboxylic acids is 1. The molecule has 8 heteroatoms. The summed E-state index contributed by atoms with van der Waals surface area (Å²) in [6.45, 7) is 4.61. The predicted octanol–water partition coefficient (Wildman–Crippen LogP) is 5.70. The number of urea groups is 1. The standard InChI is InChI=1S/C21H33N3O3S2/c1-14(2)15-8-10-17(11-9-15)24(16-6-4-3-5-7-16)21(27)23-20-22-12-19(29-20)28-13-18(25)26/h12,14-17H,3-11,13H2,1-2H3,(H,25,26)(H,22,23,27)/t15-,17-. The minimum Gasteiger partial charge on any atom is -0.481 e. The molecule has 0 aliphatic heterocycles. The van der Waals surface area contributed by atoms with E-state index in [0.29, 0.717) is 23.1 Å². The van der Waals surface area contributed by atoms with Gasteiger partial charge >= 0.3 is 12.0 Å². The number of nitrogens with zero attached hydrogens (tertiary/aromatic N) is 2. The lowest BCUT2D eigenvalue weighted by atomic mass is 9.78. The third kappa shape index (κ3) is 6.35. The summed E-state index contributed by atoms with van der Waals surface area (Å²) in [5.41, 5.74) is 0. The molecule has 2 aliphatic carbocycles. The van der Waals surface area contributed by atoms with Crippen LogP contribution in [0.25, 0.3) is 0 Å². The number of anilines is 1. The number of amides is 2. The van der Waals surface area contributed by atoms with E-state index in [1.807, 2.05) is 0 Å². The molecule has 0 spiro atoms. The monoisotopic (exact) mass is 439 g/mol. The molecular weight excluding hydrogens is 406 g/mol. The van der Waals surface area contributed by atoms with Crippen LogP contribution in [0.3, 0.4) is 0 Å². The summed E-state index contributed by atoms with van der Waals surface area (Å²) < 4.78 is 0.810. The van der Waals surface area contributed by atoms with Crippen molar-refractivity contribution in [3.8, 4) is 0 Å². The highest BCUT2D eigenvalue weighted by Crippen LogP contribution is 2.36. The molecule has 2 amide bonds. The van der Waals surface area contributed by atoms with Crippen molar-refractivity contribution in [3.05, 3.63) is 6.20 Å². The number of aromatic nitrogens is 1. The quantitative estimate of drug-likeness (QED) is 0.532. The van der Waals surface area contributed by atoms with Crippen molar-refractivity contribution in [2.75, 3.05) is 11.1 Å². The molecule has 0 unspecified atom stereocenters. The van der Waals surface area contributed by atoms with Gasteiger partial charge in [-0.1, -0.05) is 44.4 Å². The number of nitrogens with one attached hydrogen (secondary N) is 1. The van der Waals surface area contributed by atoms with Crippen LogP contribution < -0.4 is 5.32 Å². The van der Waals surface area contributed by atoms with Crippen LogP contribution in [0.5, 0.6) is 0 Å². The SMILES string of the molecule is CC(C)[C@H]1CC[C@H](N(C(=O)Nc2ncc(SCC(=O)O)s2)C2CCCCC2)CC1. The molecule has 1 heterocycles. The highest BCUT2D eigenvalue weighted by Gasteiger charge is 2.35. The molecule has 3 rings (SSSR count). The number of thiazole rings is 1. The summed E-state index contributed by atoms with van der Waals surface area (Å²) in [6, 6.07) is 0.605. The molecule has 1 aromatic heterocycles. The van der Waals surface area contributed by atoms with E-state index >= 15 is 0 Å². The second-order valence-electron chi connectivity index (χ2n) is 8.61. The van der Waals surface area contributed by atoms with Crippen LogP contribution in [0.2, 0.25) is 0 Å². The molecule has 162 valence electrons. The number of hydrogen-bond acceptors (Lipinski definition) is 5. The fourth-order valence-electron chi connectivity index (χ4n) is 4.71. The maximum atomic E-state index is 13.3. The maximum Gasteiger partial charge on any atom is 0.324 e. The highest BCUT2D eigenvalue weighted by molar-refractivity contribution is 8.01. The van der Waals surface area contributed by atoms with Gasteiger partial charge in [0.05, 0.1) is 16.2 Å². The van der Waals surface area contributed by atoms with Crippen LogP contribution in [0.1, 0.15) is 71.6 Å². The van der Waals surface area contributed by atoms with Gasteiger partial charge in [-0.3, -0.25) is 10.1 Å². The van der Waals surface area contributed by atoms with Crippen molar-refractivity contribution in [2.45, 2.75) is 87.9 Å². The van der Waals surface area contributed by atoms with Gasteiger partial charge in [-0.2, -0.15) is 0 Å². The van der Waals surface area contributed by atoms with E-state index in [9.17, 15) is 9.59 Å². The number of hydrogen-bond donors (Lipinski definition) is 2. The van der Waals surface area contributed by atoms with E-state index in [4.69, 9.17) is 5.11 Å². The molecule has 6 nitrogen and oxygen atoms in total. The Bertz CT molecular complexity index is 680. The van der Waals surface area contributed by atoms with Crippen molar-refractivity contribution >= 4 is 40.2 Å². The van der Waals surface area contributed by atoms with Crippen molar-refractivity contribution in [1.82, 2.24) is 9.88 Å². The second-order valence-corrected chi connectivity index (χ2v) is 10.9. The lowest BCUT2D eigenvalue weighted by molar-refractivity contribution is -0.133. The summed E-state index contributed by atoms with van der Waals surface area (Å²) >= 11 is 2.58. The van der Waals surface area contributed by atoms with Crippen molar-refractivity contribution in [3.63, 3.8) is 0 Å². The zero-order valence-electron chi connectivity index (χ0n) is 17.4. The number of carboxylic acids is 1. The van der Waals surface area contributed by atoms with E-state index < -0.39 is 5.97 Å². The van der Waals surface area contributed by atoms with Crippen molar-refractivity contribution in [1.29, 1.82) is 0 Å². The highest BCUT2D eigenvalue weighted by atomic mass is 32.2. The molecule has 0 radical (unpaired) electrons.